The minimum atomic E-state index is -3.20. The van der Waals surface area contributed by atoms with Gasteiger partial charge in [-0.2, -0.15) is 0 Å². The minimum Gasteiger partial charge on any atom is -0.328 e. The van der Waals surface area contributed by atoms with Gasteiger partial charge >= 0.3 is 0 Å². The zero-order valence-corrected chi connectivity index (χ0v) is 14.2. The van der Waals surface area contributed by atoms with Crippen molar-refractivity contribution >= 4 is 21.4 Å². The van der Waals surface area contributed by atoms with Gasteiger partial charge in [0.15, 0.2) is 0 Å². The molecule has 0 saturated heterocycles. The van der Waals surface area contributed by atoms with Crippen molar-refractivity contribution in [2.24, 2.45) is 0 Å². The highest BCUT2D eigenvalue weighted by Gasteiger charge is 2.26. The van der Waals surface area contributed by atoms with E-state index in [-0.39, 0.29) is 6.04 Å². The Morgan fingerprint density at radius 2 is 2.32 bits per heavy atom. The van der Waals surface area contributed by atoms with Crippen molar-refractivity contribution in [3.8, 4) is 0 Å². The largest absolute Gasteiger partial charge is 0.328 e. The molecule has 0 aromatic carbocycles. The number of thiazole rings is 1. The van der Waals surface area contributed by atoms with E-state index in [0.29, 0.717) is 6.54 Å². The van der Waals surface area contributed by atoms with Gasteiger partial charge in [0.1, 0.15) is 0 Å². The second-order valence-corrected chi connectivity index (χ2v) is 8.49. The molecule has 0 spiro atoms. The fourth-order valence-electron chi connectivity index (χ4n) is 2.70. The van der Waals surface area contributed by atoms with E-state index in [9.17, 15) is 8.42 Å². The molecule has 1 atom stereocenters. The molecule has 2 aromatic rings. The van der Waals surface area contributed by atoms with Gasteiger partial charge in [0.25, 0.3) is 0 Å². The van der Waals surface area contributed by atoms with Crippen LogP contribution in [0.15, 0.2) is 17.9 Å². The highest BCUT2D eigenvalue weighted by atomic mass is 32.2. The molecule has 0 radical (unpaired) electrons. The first-order chi connectivity index (χ1) is 10.4. The van der Waals surface area contributed by atoms with Crippen LogP contribution in [0.2, 0.25) is 0 Å². The van der Waals surface area contributed by atoms with Crippen molar-refractivity contribution in [2.75, 3.05) is 19.3 Å². The average Bonchev–Trinajstić information content (AvgIpc) is 3.04. The van der Waals surface area contributed by atoms with Crippen LogP contribution in [0, 0.1) is 6.92 Å². The standard InChI is InChI=1S/C13H19N5O2S2/c1-10-16-11(8-21-10)5-17-6-12-3-14-9-18(12)13(7-17)4-15-22(2,19)20/h3,8-9,13,15H,4-7H2,1-2H3. The molecule has 0 fully saturated rings. The molecule has 1 aliphatic rings. The molecule has 9 heteroatoms. The lowest BCUT2D eigenvalue weighted by molar-refractivity contribution is 0.176. The lowest BCUT2D eigenvalue weighted by Gasteiger charge is -2.34. The number of aryl methyl sites for hydroxylation is 1. The van der Waals surface area contributed by atoms with Crippen molar-refractivity contribution in [3.63, 3.8) is 0 Å². The maximum atomic E-state index is 11.3. The summed E-state index contributed by atoms with van der Waals surface area (Å²) in [6, 6.07) is 0.0423. The Morgan fingerprint density at radius 1 is 1.50 bits per heavy atom. The summed E-state index contributed by atoms with van der Waals surface area (Å²) in [6.07, 6.45) is 4.79. The smallest absolute Gasteiger partial charge is 0.208 e. The van der Waals surface area contributed by atoms with Crippen LogP contribution in [0.25, 0.3) is 0 Å². The third-order valence-corrected chi connectivity index (χ3v) is 5.14. The average molecular weight is 341 g/mol. The number of sulfonamides is 1. The molecule has 0 amide bonds. The number of hydrogen-bond donors (Lipinski definition) is 1. The Kier molecular flexibility index (Phi) is 4.31. The third kappa shape index (κ3) is 3.72. The van der Waals surface area contributed by atoms with Gasteiger partial charge in [0.2, 0.25) is 10.0 Å². The predicted molar refractivity (Wildman–Crippen MR) is 85.1 cm³/mol. The molecule has 120 valence electrons. The van der Waals surface area contributed by atoms with Crippen LogP contribution >= 0.6 is 11.3 Å². The number of hydrogen-bond acceptors (Lipinski definition) is 6. The Bertz CT molecular complexity index is 752. The topological polar surface area (TPSA) is 80.1 Å². The van der Waals surface area contributed by atoms with E-state index in [4.69, 9.17) is 0 Å². The van der Waals surface area contributed by atoms with E-state index in [2.05, 4.69) is 29.5 Å². The lowest BCUT2D eigenvalue weighted by atomic mass is 10.2. The third-order valence-electron chi connectivity index (χ3n) is 3.63. The van der Waals surface area contributed by atoms with Crippen molar-refractivity contribution in [1.29, 1.82) is 0 Å². The molecule has 3 rings (SSSR count). The van der Waals surface area contributed by atoms with Crippen LogP contribution < -0.4 is 4.72 Å². The minimum absolute atomic E-state index is 0.0423. The lowest BCUT2D eigenvalue weighted by Crippen LogP contribution is -2.41. The van der Waals surface area contributed by atoms with Gasteiger partial charge in [0.05, 0.1) is 35.0 Å². The first-order valence-corrected chi connectivity index (χ1v) is 9.76. The monoisotopic (exact) mass is 341 g/mol. The Hall–Kier alpha value is -1.29. The second kappa shape index (κ2) is 6.07. The summed E-state index contributed by atoms with van der Waals surface area (Å²) in [5, 5.41) is 3.14. The predicted octanol–water partition coefficient (Wildman–Crippen LogP) is 0.754. The highest BCUT2D eigenvalue weighted by molar-refractivity contribution is 7.88. The number of fused-ring (bicyclic) bond motifs is 1. The van der Waals surface area contributed by atoms with Gasteiger partial charge in [-0.25, -0.2) is 23.1 Å². The van der Waals surface area contributed by atoms with Crippen LogP contribution in [0.4, 0.5) is 0 Å². The van der Waals surface area contributed by atoms with Crippen molar-refractivity contribution in [1.82, 2.24) is 24.2 Å². The number of nitrogens with one attached hydrogen (secondary N) is 1. The molecular weight excluding hydrogens is 322 g/mol. The van der Waals surface area contributed by atoms with Crippen LogP contribution in [0.5, 0.6) is 0 Å². The summed E-state index contributed by atoms with van der Waals surface area (Å²) < 4.78 is 27.3. The molecule has 2 aromatic heterocycles. The van der Waals surface area contributed by atoms with Gasteiger partial charge < -0.3 is 4.57 Å². The van der Waals surface area contributed by atoms with E-state index in [0.717, 1.165) is 36.0 Å². The summed E-state index contributed by atoms with van der Waals surface area (Å²) in [4.78, 5) is 11.0. The first kappa shape index (κ1) is 15.6. The van der Waals surface area contributed by atoms with Crippen LogP contribution in [0.1, 0.15) is 22.4 Å². The second-order valence-electron chi connectivity index (χ2n) is 5.59. The summed E-state index contributed by atoms with van der Waals surface area (Å²) in [7, 11) is -3.20. The van der Waals surface area contributed by atoms with Crippen LogP contribution in [-0.4, -0.2) is 47.2 Å². The van der Waals surface area contributed by atoms with Gasteiger partial charge in [-0.1, -0.05) is 0 Å². The van der Waals surface area contributed by atoms with Crippen molar-refractivity contribution < 1.29 is 8.42 Å². The summed E-state index contributed by atoms with van der Waals surface area (Å²) >= 11 is 1.65. The summed E-state index contributed by atoms with van der Waals surface area (Å²) in [5.41, 5.74) is 2.16. The number of imidazole rings is 1. The molecule has 0 bridgehead atoms. The normalized spacial score (nSPS) is 19.3. The summed E-state index contributed by atoms with van der Waals surface area (Å²) in [6.45, 7) is 4.70. The summed E-state index contributed by atoms with van der Waals surface area (Å²) in [5.74, 6) is 0. The molecule has 0 saturated carbocycles. The molecule has 3 heterocycles. The van der Waals surface area contributed by atoms with E-state index in [1.165, 1.54) is 6.26 Å². The maximum absolute atomic E-state index is 11.3. The van der Waals surface area contributed by atoms with Crippen molar-refractivity contribution in [3.05, 3.63) is 34.3 Å². The Labute approximate surface area is 134 Å². The van der Waals surface area contributed by atoms with E-state index < -0.39 is 10.0 Å². The maximum Gasteiger partial charge on any atom is 0.208 e. The Morgan fingerprint density at radius 3 is 3.00 bits per heavy atom. The van der Waals surface area contributed by atoms with Crippen molar-refractivity contribution in [2.45, 2.75) is 26.1 Å². The van der Waals surface area contributed by atoms with Crippen LogP contribution in [-0.2, 0) is 23.1 Å². The first-order valence-electron chi connectivity index (χ1n) is 6.99. The quantitative estimate of drug-likeness (QED) is 0.868. The van der Waals surface area contributed by atoms with Gasteiger partial charge in [-0.05, 0) is 6.92 Å². The number of rotatable bonds is 5. The zero-order chi connectivity index (χ0) is 15.7. The van der Waals surface area contributed by atoms with Gasteiger partial charge in [0, 0.05) is 37.8 Å². The molecule has 1 aliphatic heterocycles. The fraction of sp³-hybridized carbons (Fsp3) is 0.538. The van der Waals surface area contributed by atoms with Crippen LogP contribution in [0.3, 0.4) is 0 Å². The molecule has 1 unspecified atom stereocenters. The number of nitrogens with zero attached hydrogens (tertiary/aromatic N) is 4. The molecule has 0 aliphatic carbocycles. The van der Waals surface area contributed by atoms with E-state index in [1.54, 1.807) is 17.7 Å². The molecule has 22 heavy (non-hydrogen) atoms. The van der Waals surface area contributed by atoms with E-state index in [1.807, 2.05) is 13.1 Å². The van der Waals surface area contributed by atoms with Gasteiger partial charge in [-0.3, -0.25) is 4.90 Å². The molecule has 1 N–H and O–H groups in total. The fourth-order valence-corrected chi connectivity index (χ4v) is 3.80. The molecule has 7 nitrogen and oxygen atoms in total. The van der Waals surface area contributed by atoms with E-state index >= 15 is 0 Å². The number of aromatic nitrogens is 3. The van der Waals surface area contributed by atoms with Gasteiger partial charge in [-0.15, -0.1) is 11.3 Å². The highest BCUT2D eigenvalue weighted by Crippen LogP contribution is 2.22. The zero-order valence-electron chi connectivity index (χ0n) is 12.6. The SMILES string of the molecule is Cc1nc(CN2Cc3cncn3C(CNS(C)(=O)=O)C2)cs1. The molecular formula is C13H19N5O2S2. The Balaban J connectivity index is 1.73.